The molecule has 10 heteroatoms. The molecule has 0 unspecified atom stereocenters. The third kappa shape index (κ3) is 5.36. The van der Waals surface area contributed by atoms with Gasteiger partial charge in [-0.3, -0.25) is 9.59 Å². The van der Waals surface area contributed by atoms with Crippen LogP contribution in [0.15, 0.2) is 46.0 Å². The van der Waals surface area contributed by atoms with Crippen molar-refractivity contribution in [3.63, 3.8) is 0 Å². The summed E-state index contributed by atoms with van der Waals surface area (Å²) < 4.78 is 27.6. The van der Waals surface area contributed by atoms with Crippen LogP contribution in [0.2, 0.25) is 5.02 Å². The van der Waals surface area contributed by atoms with Crippen molar-refractivity contribution < 1.29 is 18.0 Å². The lowest BCUT2D eigenvalue weighted by Gasteiger charge is -2.34. The summed E-state index contributed by atoms with van der Waals surface area (Å²) in [5.41, 5.74) is 0.356. The number of carbonyl (C=O) groups is 2. The van der Waals surface area contributed by atoms with E-state index in [4.69, 9.17) is 11.6 Å². The Labute approximate surface area is 179 Å². The summed E-state index contributed by atoms with van der Waals surface area (Å²) in [5, 5.41) is 7.10. The molecule has 156 valence electrons. The third-order valence-electron chi connectivity index (χ3n) is 4.72. The quantitative estimate of drug-likeness (QED) is 0.654. The van der Waals surface area contributed by atoms with Gasteiger partial charge in [-0.25, -0.2) is 8.42 Å². The molecule has 1 saturated heterocycles. The van der Waals surface area contributed by atoms with E-state index in [1.54, 1.807) is 41.8 Å². The van der Waals surface area contributed by atoms with Crippen molar-refractivity contribution in [2.75, 3.05) is 18.4 Å². The minimum Gasteiger partial charge on any atom is -0.348 e. The van der Waals surface area contributed by atoms with Gasteiger partial charge in [-0.05, 0) is 42.8 Å². The van der Waals surface area contributed by atoms with E-state index in [1.807, 2.05) is 0 Å². The first-order valence-corrected chi connectivity index (χ1v) is 12.0. The van der Waals surface area contributed by atoms with Crippen molar-refractivity contribution in [1.82, 2.24) is 9.62 Å². The molecule has 7 nitrogen and oxygen atoms in total. The topological polar surface area (TPSA) is 95.6 Å². The molecule has 1 aromatic heterocycles. The van der Waals surface area contributed by atoms with Crippen LogP contribution < -0.4 is 10.6 Å². The number of rotatable bonds is 6. The zero-order valence-corrected chi connectivity index (χ0v) is 18.0. The number of nitrogens with zero attached hydrogens (tertiary/aromatic N) is 1. The molecule has 0 radical (unpaired) electrons. The Morgan fingerprint density at radius 2 is 1.93 bits per heavy atom. The number of amides is 2. The molecule has 0 saturated carbocycles. The summed E-state index contributed by atoms with van der Waals surface area (Å²) in [6.07, 6.45) is 2.91. The molecule has 0 aliphatic carbocycles. The van der Waals surface area contributed by atoms with Crippen LogP contribution in [0.5, 0.6) is 0 Å². The van der Waals surface area contributed by atoms with Crippen molar-refractivity contribution in [1.29, 1.82) is 0 Å². The van der Waals surface area contributed by atoms with E-state index in [9.17, 15) is 18.0 Å². The van der Waals surface area contributed by atoms with Crippen LogP contribution in [0.3, 0.4) is 0 Å². The number of nitrogens with one attached hydrogen (secondary N) is 2. The first-order chi connectivity index (χ1) is 13.9. The van der Waals surface area contributed by atoms with Gasteiger partial charge in [0.2, 0.25) is 0 Å². The van der Waals surface area contributed by atoms with Crippen molar-refractivity contribution in [3.8, 4) is 0 Å². The van der Waals surface area contributed by atoms with Crippen molar-refractivity contribution in [2.24, 2.45) is 0 Å². The van der Waals surface area contributed by atoms with Gasteiger partial charge in [-0.1, -0.05) is 36.2 Å². The second-order valence-corrected chi connectivity index (χ2v) is 10.1. The van der Waals surface area contributed by atoms with E-state index in [0.29, 0.717) is 27.9 Å². The van der Waals surface area contributed by atoms with Gasteiger partial charge in [-0.15, -0.1) is 11.3 Å². The molecule has 1 fully saturated rings. The number of benzene rings is 1. The van der Waals surface area contributed by atoms with Gasteiger partial charge in [0, 0.05) is 19.1 Å². The standard InChI is InChI=1S/C19H22ClN3O4S2/c20-15-7-1-2-8-16(15)22-19(25)18(24)21-11-10-14-6-3-4-12-23(14)29(26,27)17-9-5-13-28-17/h1-2,5,7-9,13-14H,3-4,6,10-12H2,(H,21,24)(H,22,25)/t14-/m0/s1. The molecule has 2 N–H and O–H groups in total. The van der Waals surface area contributed by atoms with E-state index in [2.05, 4.69) is 10.6 Å². The second kappa shape index (κ2) is 9.71. The minimum atomic E-state index is -3.54. The van der Waals surface area contributed by atoms with Gasteiger partial charge in [0.05, 0.1) is 10.7 Å². The van der Waals surface area contributed by atoms with Crippen molar-refractivity contribution in [3.05, 3.63) is 46.8 Å². The maximum Gasteiger partial charge on any atom is 0.313 e. The van der Waals surface area contributed by atoms with Crippen LogP contribution in [0.25, 0.3) is 0 Å². The number of anilines is 1. The second-order valence-electron chi connectivity index (χ2n) is 6.68. The molecule has 1 aliphatic heterocycles. The van der Waals surface area contributed by atoms with Crippen LogP contribution in [0.4, 0.5) is 5.69 Å². The Morgan fingerprint density at radius 3 is 2.66 bits per heavy atom. The van der Waals surface area contributed by atoms with Gasteiger partial charge < -0.3 is 10.6 Å². The normalized spacial score (nSPS) is 17.6. The Morgan fingerprint density at radius 1 is 1.14 bits per heavy atom. The van der Waals surface area contributed by atoms with Crippen molar-refractivity contribution >= 4 is 50.5 Å². The number of halogens is 1. The van der Waals surface area contributed by atoms with Crippen LogP contribution in [-0.2, 0) is 19.6 Å². The summed E-state index contributed by atoms with van der Waals surface area (Å²) in [7, 11) is -3.54. The smallest absolute Gasteiger partial charge is 0.313 e. The molecule has 29 heavy (non-hydrogen) atoms. The molecule has 1 atom stereocenters. The van der Waals surface area contributed by atoms with E-state index in [1.165, 1.54) is 15.6 Å². The van der Waals surface area contributed by atoms with Gasteiger partial charge in [0.15, 0.2) is 0 Å². The Hall–Kier alpha value is -1.94. The summed E-state index contributed by atoms with van der Waals surface area (Å²) in [6.45, 7) is 0.668. The maximum atomic E-state index is 12.9. The average molecular weight is 456 g/mol. The molecular weight excluding hydrogens is 434 g/mol. The predicted molar refractivity (Wildman–Crippen MR) is 114 cm³/mol. The monoisotopic (exact) mass is 455 g/mol. The highest BCUT2D eigenvalue weighted by Crippen LogP contribution is 2.29. The zero-order valence-electron chi connectivity index (χ0n) is 15.6. The predicted octanol–water partition coefficient (Wildman–Crippen LogP) is 3.09. The zero-order chi connectivity index (χ0) is 20.9. The van der Waals surface area contributed by atoms with Crippen LogP contribution in [0.1, 0.15) is 25.7 Å². The fourth-order valence-electron chi connectivity index (χ4n) is 3.28. The molecule has 0 spiro atoms. The molecule has 1 aromatic carbocycles. The van der Waals surface area contributed by atoms with Gasteiger partial charge in [-0.2, -0.15) is 4.31 Å². The minimum absolute atomic E-state index is 0.204. The first-order valence-electron chi connectivity index (χ1n) is 9.28. The number of sulfonamides is 1. The Kier molecular flexibility index (Phi) is 7.28. The maximum absolute atomic E-state index is 12.9. The van der Waals surface area contributed by atoms with Crippen LogP contribution in [-0.4, -0.2) is 43.7 Å². The highest BCUT2D eigenvalue weighted by Gasteiger charge is 2.33. The third-order valence-corrected chi connectivity index (χ3v) is 8.38. The van der Waals surface area contributed by atoms with E-state index >= 15 is 0 Å². The number of hydrogen-bond acceptors (Lipinski definition) is 5. The lowest BCUT2D eigenvalue weighted by molar-refractivity contribution is -0.136. The summed E-state index contributed by atoms with van der Waals surface area (Å²) in [6, 6.07) is 9.75. The molecule has 2 amide bonds. The van der Waals surface area contributed by atoms with E-state index < -0.39 is 21.8 Å². The molecule has 0 bridgehead atoms. The average Bonchev–Trinajstić information content (AvgIpc) is 3.25. The summed E-state index contributed by atoms with van der Waals surface area (Å²) in [5.74, 6) is -1.60. The molecule has 3 rings (SSSR count). The van der Waals surface area contributed by atoms with Gasteiger partial charge in [0.1, 0.15) is 4.21 Å². The molecule has 2 aromatic rings. The van der Waals surface area contributed by atoms with Crippen LogP contribution in [0, 0.1) is 0 Å². The number of piperidine rings is 1. The Bertz CT molecular complexity index is 964. The molecular formula is C19H22ClN3O4S2. The highest BCUT2D eigenvalue weighted by atomic mass is 35.5. The molecule has 2 heterocycles. The SMILES string of the molecule is O=C(NCC[C@@H]1CCCCN1S(=O)(=O)c1cccs1)C(=O)Nc1ccccc1Cl. The number of hydrogen-bond donors (Lipinski definition) is 2. The summed E-state index contributed by atoms with van der Waals surface area (Å²) in [4.78, 5) is 24.1. The van der Waals surface area contributed by atoms with E-state index in [0.717, 1.165) is 19.3 Å². The van der Waals surface area contributed by atoms with Gasteiger partial charge >= 0.3 is 11.8 Å². The highest BCUT2D eigenvalue weighted by molar-refractivity contribution is 7.91. The lowest BCUT2D eigenvalue weighted by Crippen LogP contribution is -2.45. The Balaban J connectivity index is 1.55. The summed E-state index contributed by atoms with van der Waals surface area (Å²) >= 11 is 7.17. The first kappa shape index (κ1) is 21.8. The fraction of sp³-hybridized carbons (Fsp3) is 0.368. The molecule has 1 aliphatic rings. The largest absolute Gasteiger partial charge is 0.348 e. The lowest BCUT2D eigenvalue weighted by atomic mass is 10.0. The number of carbonyl (C=O) groups excluding carboxylic acids is 2. The number of thiophene rings is 1. The fourth-order valence-corrected chi connectivity index (χ4v) is 6.31. The number of para-hydroxylation sites is 1. The van der Waals surface area contributed by atoms with Crippen molar-refractivity contribution in [2.45, 2.75) is 35.9 Å². The van der Waals surface area contributed by atoms with Crippen LogP contribution >= 0.6 is 22.9 Å². The van der Waals surface area contributed by atoms with E-state index in [-0.39, 0.29) is 12.6 Å². The van der Waals surface area contributed by atoms with Gasteiger partial charge in [0.25, 0.3) is 10.0 Å².